The summed E-state index contributed by atoms with van der Waals surface area (Å²) in [4.78, 5) is 8.58. The zero-order valence-corrected chi connectivity index (χ0v) is 8.26. The molecule has 0 atom stereocenters. The van der Waals surface area contributed by atoms with Gasteiger partial charge in [-0.3, -0.25) is 9.97 Å². The van der Waals surface area contributed by atoms with E-state index in [9.17, 15) is 0 Å². The van der Waals surface area contributed by atoms with Crippen LogP contribution in [0.4, 0.5) is 0 Å². The fourth-order valence-electron chi connectivity index (χ4n) is 1.30. The maximum atomic E-state index is 6.01. The van der Waals surface area contributed by atoms with Crippen LogP contribution in [0.2, 0.25) is 5.02 Å². The van der Waals surface area contributed by atoms with Gasteiger partial charge in [0.1, 0.15) is 5.52 Å². The lowest BCUT2D eigenvalue weighted by Crippen LogP contribution is -1.88. The van der Waals surface area contributed by atoms with Gasteiger partial charge in [0.15, 0.2) is 0 Å². The highest BCUT2D eigenvalue weighted by Gasteiger charge is 2.02. The minimum Gasteiger partial charge on any atom is -0.253 e. The summed E-state index contributed by atoms with van der Waals surface area (Å²) in [5.41, 5.74) is 3.66. The van der Waals surface area contributed by atoms with Crippen molar-refractivity contribution in [1.82, 2.24) is 9.97 Å². The van der Waals surface area contributed by atoms with E-state index >= 15 is 0 Å². The summed E-state index contributed by atoms with van der Waals surface area (Å²) >= 11 is 6.01. The Morgan fingerprint density at radius 1 is 1.23 bits per heavy atom. The molecule has 0 radical (unpaired) electrons. The molecule has 13 heavy (non-hydrogen) atoms. The highest BCUT2D eigenvalue weighted by Crippen LogP contribution is 2.21. The van der Waals surface area contributed by atoms with Gasteiger partial charge in [-0.2, -0.15) is 0 Å². The molecule has 0 aliphatic heterocycles. The Balaban J connectivity index is 2.86. The predicted octanol–water partition coefficient (Wildman–Crippen LogP) is 2.90. The molecule has 2 nitrogen and oxygen atoms in total. The molecule has 2 aromatic heterocycles. The number of fused-ring (bicyclic) bond motifs is 1. The third-order valence-electron chi connectivity index (χ3n) is 1.86. The van der Waals surface area contributed by atoms with E-state index in [4.69, 9.17) is 11.6 Å². The standard InChI is InChI=1S/C10H9ClN2/c1-6-3-9-10(12-5-6)8(11)4-7(2)13-9/h3-5H,1-2H3. The second-order valence-electron chi connectivity index (χ2n) is 3.13. The first-order chi connectivity index (χ1) is 6.16. The topological polar surface area (TPSA) is 25.8 Å². The Bertz CT molecular complexity index is 460. The van der Waals surface area contributed by atoms with E-state index in [-0.39, 0.29) is 0 Å². The zero-order valence-electron chi connectivity index (χ0n) is 7.50. The van der Waals surface area contributed by atoms with Crippen LogP contribution in [0.15, 0.2) is 18.3 Å². The number of aryl methyl sites for hydroxylation is 2. The molecule has 0 aliphatic carbocycles. The third kappa shape index (κ3) is 1.49. The molecule has 0 bridgehead atoms. The summed E-state index contributed by atoms with van der Waals surface area (Å²) in [7, 11) is 0. The van der Waals surface area contributed by atoms with E-state index in [1.54, 1.807) is 6.20 Å². The van der Waals surface area contributed by atoms with Crippen molar-refractivity contribution in [2.75, 3.05) is 0 Å². The smallest absolute Gasteiger partial charge is 0.107 e. The van der Waals surface area contributed by atoms with Gasteiger partial charge < -0.3 is 0 Å². The Morgan fingerprint density at radius 3 is 2.77 bits per heavy atom. The van der Waals surface area contributed by atoms with Crippen molar-refractivity contribution in [3.63, 3.8) is 0 Å². The van der Waals surface area contributed by atoms with Crippen LogP contribution < -0.4 is 0 Å². The van der Waals surface area contributed by atoms with Crippen LogP contribution >= 0.6 is 11.6 Å². The molecule has 66 valence electrons. The highest BCUT2D eigenvalue weighted by molar-refractivity contribution is 6.34. The highest BCUT2D eigenvalue weighted by atomic mass is 35.5. The maximum absolute atomic E-state index is 6.01. The molecule has 0 saturated carbocycles. The first-order valence-corrected chi connectivity index (χ1v) is 4.44. The van der Waals surface area contributed by atoms with Crippen molar-refractivity contribution in [1.29, 1.82) is 0 Å². The fourth-order valence-corrected chi connectivity index (χ4v) is 1.60. The average Bonchev–Trinajstić information content (AvgIpc) is 2.02. The maximum Gasteiger partial charge on any atom is 0.107 e. The quantitative estimate of drug-likeness (QED) is 0.642. The first-order valence-electron chi connectivity index (χ1n) is 4.06. The largest absolute Gasteiger partial charge is 0.253 e. The van der Waals surface area contributed by atoms with Gasteiger partial charge in [-0.05, 0) is 31.5 Å². The van der Waals surface area contributed by atoms with Crippen molar-refractivity contribution < 1.29 is 0 Å². The molecular weight excluding hydrogens is 184 g/mol. The van der Waals surface area contributed by atoms with Gasteiger partial charge in [0.25, 0.3) is 0 Å². The average molecular weight is 193 g/mol. The summed E-state index contributed by atoms with van der Waals surface area (Å²) in [6.07, 6.45) is 1.80. The van der Waals surface area contributed by atoms with Crippen molar-refractivity contribution in [2.24, 2.45) is 0 Å². The number of hydrogen-bond donors (Lipinski definition) is 0. The van der Waals surface area contributed by atoms with Gasteiger partial charge >= 0.3 is 0 Å². The molecule has 0 amide bonds. The van der Waals surface area contributed by atoms with E-state index in [1.807, 2.05) is 26.0 Å². The van der Waals surface area contributed by atoms with E-state index in [1.165, 1.54) is 0 Å². The Morgan fingerprint density at radius 2 is 2.00 bits per heavy atom. The third-order valence-corrected chi connectivity index (χ3v) is 2.15. The van der Waals surface area contributed by atoms with Crippen LogP contribution in [0, 0.1) is 13.8 Å². The summed E-state index contributed by atoms with van der Waals surface area (Å²) in [5.74, 6) is 0. The summed E-state index contributed by atoms with van der Waals surface area (Å²) in [6, 6.07) is 3.81. The van der Waals surface area contributed by atoms with Gasteiger partial charge in [0.2, 0.25) is 0 Å². The van der Waals surface area contributed by atoms with E-state index in [0.717, 1.165) is 22.3 Å². The molecule has 2 rings (SSSR count). The summed E-state index contributed by atoms with van der Waals surface area (Å²) < 4.78 is 0. The zero-order chi connectivity index (χ0) is 9.42. The van der Waals surface area contributed by atoms with Crippen LogP contribution in [0.25, 0.3) is 11.0 Å². The van der Waals surface area contributed by atoms with Gasteiger partial charge in [-0.1, -0.05) is 11.6 Å². The summed E-state index contributed by atoms with van der Waals surface area (Å²) in [5, 5.41) is 0.669. The normalized spacial score (nSPS) is 10.7. The number of hydrogen-bond acceptors (Lipinski definition) is 2. The predicted molar refractivity (Wildman–Crippen MR) is 54.0 cm³/mol. The molecule has 2 heterocycles. The van der Waals surface area contributed by atoms with E-state index < -0.39 is 0 Å². The number of nitrogens with zero attached hydrogens (tertiary/aromatic N) is 2. The van der Waals surface area contributed by atoms with Crippen molar-refractivity contribution in [3.8, 4) is 0 Å². The molecule has 3 heteroatoms. The molecule has 0 aliphatic rings. The second-order valence-corrected chi connectivity index (χ2v) is 3.53. The van der Waals surface area contributed by atoms with Crippen LogP contribution in [-0.2, 0) is 0 Å². The number of pyridine rings is 2. The Labute approximate surface area is 81.6 Å². The van der Waals surface area contributed by atoms with Crippen LogP contribution in [0.5, 0.6) is 0 Å². The SMILES string of the molecule is Cc1cnc2c(Cl)cc(C)nc2c1. The van der Waals surface area contributed by atoms with Gasteiger partial charge in [-0.15, -0.1) is 0 Å². The van der Waals surface area contributed by atoms with Crippen LogP contribution in [-0.4, -0.2) is 9.97 Å². The van der Waals surface area contributed by atoms with Gasteiger partial charge in [0.05, 0.1) is 10.5 Å². The fraction of sp³-hybridized carbons (Fsp3) is 0.200. The molecule has 0 saturated heterocycles. The van der Waals surface area contributed by atoms with Crippen molar-refractivity contribution in [3.05, 3.63) is 34.6 Å². The number of halogens is 1. The van der Waals surface area contributed by atoms with Crippen molar-refractivity contribution in [2.45, 2.75) is 13.8 Å². The molecule has 0 fully saturated rings. The lowest BCUT2D eigenvalue weighted by molar-refractivity contribution is 1.22. The Kier molecular flexibility index (Phi) is 1.93. The van der Waals surface area contributed by atoms with Gasteiger partial charge in [0, 0.05) is 11.9 Å². The monoisotopic (exact) mass is 192 g/mol. The minimum absolute atomic E-state index is 0.669. The number of aromatic nitrogens is 2. The molecule has 0 unspecified atom stereocenters. The van der Waals surface area contributed by atoms with Crippen molar-refractivity contribution >= 4 is 22.6 Å². The van der Waals surface area contributed by atoms with Crippen LogP contribution in [0.1, 0.15) is 11.3 Å². The minimum atomic E-state index is 0.669. The first kappa shape index (κ1) is 8.45. The van der Waals surface area contributed by atoms with Crippen LogP contribution in [0.3, 0.4) is 0 Å². The molecule has 0 N–H and O–H groups in total. The lowest BCUT2D eigenvalue weighted by Gasteiger charge is -2.01. The number of rotatable bonds is 0. The summed E-state index contributed by atoms with van der Waals surface area (Å²) in [6.45, 7) is 3.91. The Hall–Kier alpha value is -1.15. The van der Waals surface area contributed by atoms with E-state index in [2.05, 4.69) is 9.97 Å². The van der Waals surface area contributed by atoms with E-state index in [0.29, 0.717) is 5.02 Å². The second kappa shape index (κ2) is 2.96. The van der Waals surface area contributed by atoms with Gasteiger partial charge in [-0.25, -0.2) is 0 Å². The molecular formula is C10H9ClN2. The molecule has 0 aromatic carbocycles. The molecule has 0 spiro atoms. The lowest BCUT2D eigenvalue weighted by atomic mass is 10.2. The molecule has 2 aromatic rings.